The van der Waals surface area contributed by atoms with Crippen LogP contribution in [0.4, 0.5) is 9.93 Å². The summed E-state index contributed by atoms with van der Waals surface area (Å²) in [5.41, 5.74) is 0. The number of piperidine rings is 1. The van der Waals surface area contributed by atoms with Gasteiger partial charge in [-0.2, -0.15) is 0 Å². The molecule has 0 spiro atoms. The molecule has 6 nitrogen and oxygen atoms in total. The average Bonchev–Trinajstić information content (AvgIpc) is 2.92. The number of rotatable bonds is 5. The van der Waals surface area contributed by atoms with Crippen LogP contribution in [0.1, 0.15) is 19.8 Å². The van der Waals surface area contributed by atoms with Crippen molar-refractivity contribution in [1.29, 1.82) is 0 Å². The number of nitrogens with one attached hydrogen (secondary N) is 2. The summed E-state index contributed by atoms with van der Waals surface area (Å²) >= 11 is 1.64. The predicted octanol–water partition coefficient (Wildman–Crippen LogP) is 1.18. The zero-order valence-corrected chi connectivity index (χ0v) is 14.0. The van der Waals surface area contributed by atoms with Gasteiger partial charge in [-0.25, -0.2) is 9.78 Å². The number of aromatic nitrogens is 1. The average molecular weight is 330 g/mol. The molecule has 8 heteroatoms. The Labute approximate surface area is 131 Å². The van der Waals surface area contributed by atoms with E-state index in [4.69, 9.17) is 0 Å². The first-order valence-electron chi connectivity index (χ1n) is 7.06. The molecule has 2 rings (SSSR count). The van der Waals surface area contributed by atoms with E-state index in [9.17, 15) is 9.00 Å². The molecule has 0 unspecified atom stereocenters. The van der Waals surface area contributed by atoms with Crippen molar-refractivity contribution in [2.75, 3.05) is 30.0 Å². The summed E-state index contributed by atoms with van der Waals surface area (Å²) in [5, 5.41) is 8.86. The van der Waals surface area contributed by atoms with E-state index in [1.165, 1.54) is 0 Å². The van der Waals surface area contributed by atoms with Gasteiger partial charge in [0.25, 0.3) is 0 Å². The largest absolute Gasteiger partial charge is 0.348 e. The Morgan fingerprint density at radius 3 is 2.86 bits per heavy atom. The molecule has 2 N–H and O–H groups in total. The molecular weight excluding hydrogens is 308 g/mol. The first kappa shape index (κ1) is 16.2. The molecule has 1 fully saturated rings. The lowest BCUT2D eigenvalue weighted by molar-refractivity contribution is 0.232. The van der Waals surface area contributed by atoms with Gasteiger partial charge in [-0.1, -0.05) is 0 Å². The Balaban J connectivity index is 1.70. The van der Waals surface area contributed by atoms with Gasteiger partial charge in [0.2, 0.25) is 0 Å². The molecule has 0 saturated carbocycles. The molecule has 1 aromatic rings. The van der Waals surface area contributed by atoms with Crippen LogP contribution in [0.5, 0.6) is 0 Å². The van der Waals surface area contributed by atoms with Crippen LogP contribution >= 0.6 is 11.3 Å². The van der Waals surface area contributed by atoms with E-state index < -0.39 is 10.8 Å². The summed E-state index contributed by atoms with van der Waals surface area (Å²) in [6.45, 7) is 3.69. The SMILES string of the molecule is C[C@@H](C[S@@](C)=O)NC(=O)NC1CCN(c2nccs2)CC1. The van der Waals surface area contributed by atoms with E-state index in [1.807, 2.05) is 18.5 Å². The summed E-state index contributed by atoms with van der Waals surface area (Å²) < 4.78 is 11.1. The molecule has 2 heterocycles. The van der Waals surface area contributed by atoms with Gasteiger partial charge in [-0.05, 0) is 19.8 Å². The van der Waals surface area contributed by atoms with Crippen molar-refractivity contribution in [3.63, 3.8) is 0 Å². The summed E-state index contributed by atoms with van der Waals surface area (Å²) in [6.07, 6.45) is 5.30. The quantitative estimate of drug-likeness (QED) is 0.850. The fraction of sp³-hybridized carbons (Fsp3) is 0.692. The fourth-order valence-corrected chi connectivity index (χ4v) is 3.92. The standard InChI is InChI=1S/C13H22N4O2S2/c1-10(9-21(2)19)15-12(18)16-11-3-6-17(7-4-11)13-14-5-8-20-13/h5,8,10-11H,3-4,6-7,9H2,1-2H3,(H2,15,16,18)/t10-,21+/m0/s1. The van der Waals surface area contributed by atoms with Crippen LogP contribution in [0.2, 0.25) is 0 Å². The fourth-order valence-electron chi connectivity index (χ4n) is 2.43. The molecule has 2 atom stereocenters. The summed E-state index contributed by atoms with van der Waals surface area (Å²) in [6, 6.07) is -0.0487. The third-order valence-electron chi connectivity index (χ3n) is 3.38. The predicted molar refractivity (Wildman–Crippen MR) is 87.4 cm³/mol. The highest BCUT2D eigenvalue weighted by Gasteiger charge is 2.22. The second kappa shape index (κ2) is 7.74. The second-order valence-corrected chi connectivity index (χ2v) is 7.69. The van der Waals surface area contributed by atoms with Gasteiger partial charge in [0, 0.05) is 59.6 Å². The molecule has 21 heavy (non-hydrogen) atoms. The molecule has 2 amide bonds. The van der Waals surface area contributed by atoms with Gasteiger partial charge in [-0.3, -0.25) is 4.21 Å². The van der Waals surface area contributed by atoms with Crippen LogP contribution in [0, 0.1) is 0 Å². The molecule has 1 aromatic heterocycles. The highest BCUT2D eigenvalue weighted by molar-refractivity contribution is 7.84. The topological polar surface area (TPSA) is 74.3 Å². The highest BCUT2D eigenvalue weighted by atomic mass is 32.2. The molecule has 1 aliphatic heterocycles. The number of hydrogen-bond donors (Lipinski definition) is 2. The third-order valence-corrected chi connectivity index (χ3v) is 5.18. The van der Waals surface area contributed by atoms with E-state index >= 15 is 0 Å². The van der Waals surface area contributed by atoms with Gasteiger partial charge < -0.3 is 15.5 Å². The monoisotopic (exact) mass is 330 g/mol. The van der Waals surface area contributed by atoms with Crippen LogP contribution in [-0.4, -0.2) is 52.4 Å². The van der Waals surface area contributed by atoms with Gasteiger partial charge in [-0.15, -0.1) is 11.3 Å². The molecule has 0 bridgehead atoms. The lowest BCUT2D eigenvalue weighted by Crippen LogP contribution is -2.50. The third kappa shape index (κ3) is 5.28. The highest BCUT2D eigenvalue weighted by Crippen LogP contribution is 2.21. The Morgan fingerprint density at radius 2 is 2.29 bits per heavy atom. The zero-order chi connectivity index (χ0) is 15.2. The van der Waals surface area contributed by atoms with Gasteiger partial charge in [0.15, 0.2) is 5.13 Å². The van der Waals surface area contributed by atoms with Crippen molar-refractivity contribution < 1.29 is 9.00 Å². The Bertz CT molecular complexity index is 473. The molecule has 118 valence electrons. The van der Waals surface area contributed by atoms with Crippen LogP contribution in [0.25, 0.3) is 0 Å². The van der Waals surface area contributed by atoms with Gasteiger partial charge >= 0.3 is 6.03 Å². The minimum atomic E-state index is -0.896. The van der Waals surface area contributed by atoms with Crippen molar-refractivity contribution in [2.45, 2.75) is 31.8 Å². The van der Waals surface area contributed by atoms with Crippen molar-refractivity contribution in [3.8, 4) is 0 Å². The first-order chi connectivity index (χ1) is 10.0. The first-order valence-corrected chi connectivity index (χ1v) is 9.67. The molecular formula is C13H22N4O2S2. The van der Waals surface area contributed by atoms with Crippen molar-refractivity contribution in [2.24, 2.45) is 0 Å². The normalized spacial score (nSPS) is 19.0. The number of urea groups is 1. The maximum atomic E-state index is 11.9. The van der Waals surface area contributed by atoms with E-state index in [1.54, 1.807) is 17.6 Å². The smallest absolute Gasteiger partial charge is 0.315 e. The number of amides is 2. The zero-order valence-electron chi connectivity index (χ0n) is 12.4. The van der Waals surface area contributed by atoms with Crippen LogP contribution < -0.4 is 15.5 Å². The number of anilines is 1. The van der Waals surface area contributed by atoms with E-state index in [-0.39, 0.29) is 18.1 Å². The van der Waals surface area contributed by atoms with Crippen LogP contribution in [-0.2, 0) is 10.8 Å². The molecule has 0 aliphatic carbocycles. The molecule has 1 saturated heterocycles. The Hall–Kier alpha value is -1.15. The van der Waals surface area contributed by atoms with E-state index in [2.05, 4.69) is 20.5 Å². The lowest BCUT2D eigenvalue weighted by Gasteiger charge is -2.32. The number of thiazole rings is 1. The summed E-state index contributed by atoms with van der Waals surface area (Å²) in [4.78, 5) is 18.4. The van der Waals surface area contributed by atoms with Crippen LogP contribution in [0.15, 0.2) is 11.6 Å². The number of carbonyl (C=O) groups is 1. The van der Waals surface area contributed by atoms with Gasteiger partial charge in [0.05, 0.1) is 0 Å². The van der Waals surface area contributed by atoms with E-state index in [0.717, 1.165) is 31.1 Å². The molecule has 0 radical (unpaired) electrons. The molecule has 0 aromatic carbocycles. The summed E-state index contributed by atoms with van der Waals surface area (Å²) in [7, 11) is -0.896. The second-order valence-electron chi connectivity index (χ2n) is 5.33. The van der Waals surface area contributed by atoms with E-state index in [0.29, 0.717) is 5.75 Å². The van der Waals surface area contributed by atoms with Crippen molar-refractivity contribution in [1.82, 2.24) is 15.6 Å². The van der Waals surface area contributed by atoms with Crippen LogP contribution in [0.3, 0.4) is 0 Å². The molecule has 1 aliphatic rings. The number of hydrogen-bond acceptors (Lipinski definition) is 5. The Kier molecular flexibility index (Phi) is 5.98. The maximum Gasteiger partial charge on any atom is 0.315 e. The maximum absolute atomic E-state index is 11.9. The van der Waals surface area contributed by atoms with Crippen molar-refractivity contribution >= 4 is 33.3 Å². The lowest BCUT2D eigenvalue weighted by atomic mass is 10.1. The number of nitrogens with zero attached hydrogens (tertiary/aromatic N) is 2. The van der Waals surface area contributed by atoms with Gasteiger partial charge in [0.1, 0.15) is 0 Å². The minimum Gasteiger partial charge on any atom is -0.348 e. The Morgan fingerprint density at radius 1 is 1.57 bits per heavy atom. The summed E-state index contributed by atoms with van der Waals surface area (Å²) in [5.74, 6) is 0.482. The van der Waals surface area contributed by atoms with Crippen molar-refractivity contribution in [3.05, 3.63) is 11.6 Å². The number of carbonyl (C=O) groups excluding carboxylic acids is 1. The minimum absolute atomic E-state index is 0.0776.